The highest BCUT2D eigenvalue weighted by molar-refractivity contribution is 5.87. The summed E-state index contributed by atoms with van der Waals surface area (Å²) < 4.78 is 40.6. The Hall–Kier alpha value is -2.46. The summed E-state index contributed by atoms with van der Waals surface area (Å²) in [5.74, 6) is 0.579. The van der Waals surface area contributed by atoms with Gasteiger partial charge in [-0.2, -0.15) is 13.2 Å². The number of para-hydroxylation sites is 1. The van der Waals surface area contributed by atoms with E-state index in [0.717, 1.165) is 10.9 Å². The third-order valence-corrected chi connectivity index (χ3v) is 4.26. The normalized spacial score (nSPS) is 16.0. The summed E-state index contributed by atoms with van der Waals surface area (Å²) in [6, 6.07) is 7.48. The van der Waals surface area contributed by atoms with Gasteiger partial charge in [-0.3, -0.25) is 9.69 Å². The Kier molecular flexibility index (Phi) is 5.76. The number of ether oxygens (including phenoxy) is 1. The van der Waals surface area contributed by atoms with E-state index in [1.165, 1.54) is 4.90 Å². The van der Waals surface area contributed by atoms with Crippen molar-refractivity contribution >= 4 is 22.6 Å². The number of rotatable bonds is 5. The average Bonchev–Trinajstić information content (AvgIpc) is 2.61. The van der Waals surface area contributed by atoms with Gasteiger partial charge in [-0.05, 0) is 12.1 Å². The number of hydrogen-bond acceptors (Lipinski definition) is 6. The molecule has 0 saturated carbocycles. The largest absolute Gasteiger partial charge is 0.411 e. The Morgan fingerprint density at radius 2 is 1.85 bits per heavy atom. The Bertz CT molecular complexity index is 807. The molecule has 146 valence electrons. The number of amides is 1. The molecular formula is C17H20F3N5O2. The van der Waals surface area contributed by atoms with Crippen LogP contribution in [0.15, 0.2) is 24.3 Å². The third kappa shape index (κ3) is 5.27. The second-order valence-electron chi connectivity index (χ2n) is 6.31. The van der Waals surface area contributed by atoms with Crippen LogP contribution in [0.4, 0.5) is 19.0 Å². The molecular weight excluding hydrogens is 363 g/mol. The number of benzene rings is 1. The van der Waals surface area contributed by atoms with Gasteiger partial charge in [0, 0.05) is 31.6 Å². The van der Waals surface area contributed by atoms with Gasteiger partial charge in [0.25, 0.3) is 0 Å². The van der Waals surface area contributed by atoms with Gasteiger partial charge in [0.05, 0.1) is 12.1 Å². The molecule has 0 spiro atoms. The number of alkyl halides is 3. The molecule has 7 nitrogen and oxygen atoms in total. The first kappa shape index (κ1) is 19.3. The fraction of sp³-hybridized carbons (Fsp3) is 0.471. The third-order valence-electron chi connectivity index (χ3n) is 4.26. The van der Waals surface area contributed by atoms with E-state index in [0.29, 0.717) is 44.4 Å². The summed E-state index contributed by atoms with van der Waals surface area (Å²) in [5.41, 5.74) is 6.76. The zero-order chi connectivity index (χ0) is 19.4. The number of carbonyl (C=O) groups excluding carboxylic acids is 1. The zero-order valence-corrected chi connectivity index (χ0v) is 14.6. The second-order valence-corrected chi connectivity index (χ2v) is 6.31. The zero-order valence-electron chi connectivity index (χ0n) is 14.6. The summed E-state index contributed by atoms with van der Waals surface area (Å²) in [4.78, 5) is 24.3. The van der Waals surface area contributed by atoms with Gasteiger partial charge in [0.15, 0.2) is 0 Å². The van der Waals surface area contributed by atoms with E-state index in [1.54, 1.807) is 0 Å². The number of halogens is 3. The molecule has 10 heteroatoms. The van der Waals surface area contributed by atoms with Crippen LogP contribution in [0.2, 0.25) is 0 Å². The minimum atomic E-state index is -4.43. The molecule has 0 aliphatic carbocycles. The van der Waals surface area contributed by atoms with E-state index in [4.69, 9.17) is 5.73 Å². The first-order valence-corrected chi connectivity index (χ1v) is 8.47. The molecule has 1 aromatic carbocycles. The summed E-state index contributed by atoms with van der Waals surface area (Å²) in [5, 5.41) is 0.801. The topological polar surface area (TPSA) is 84.6 Å². The summed E-state index contributed by atoms with van der Waals surface area (Å²) >= 11 is 0. The molecule has 0 bridgehead atoms. The van der Waals surface area contributed by atoms with Crippen molar-refractivity contribution in [1.82, 2.24) is 19.8 Å². The Balaban J connectivity index is 1.50. The molecule has 1 amide bonds. The van der Waals surface area contributed by atoms with Crippen molar-refractivity contribution in [3.63, 3.8) is 0 Å². The molecule has 0 atom stereocenters. The number of nitrogen functional groups attached to an aromatic ring is 1. The smallest absolute Gasteiger partial charge is 0.383 e. The van der Waals surface area contributed by atoms with Gasteiger partial charge in [-0.1, -0.05) is 12.1 Å². The number of nitrogens with zero attached hydrogens (tertiary/aromatic N) is 4. The Labute approximate surface area is 153 Å². The molecule has 1 aliphatic rings. The van der Waals surface area contributed by atoms with Crippen LogP contribution in [0.5, 0.6) is 0 Å². The number of hydrogen-bond donors (Lipinski definition) is 1. The maximum atomic E-state index is 12.1. The minimum absolute atomic E-state index is 0.414. The van der Waals surface area contributed by atoms with E-state index < -0.39 is 25.3 Å². The van der Waals surface area contributed by atoms with Crippen LogP contribution in [-0.4, -0.2) is 71.2 Å². The lowest BCUT2D eigenvalue weighted by molar-refractivity contribution is -0.178. The summed E-state index contributed by atoms with van der Waals surface area (Å²) in [7, 11) is 0. The molecule has 0 radical (unpaired) electrons. The van der Waals surface area contributed by atoms with Crippen molar-refractivity contribution in [2.75, 3.05) is 45.1 Å². The minimum Gasteiger partial charge on any atom is -0.383 e. The van der Waals surface area contributed by atoms with Gasteiger partial charge in [-0.15, -0.1) is 0 Å². The monoisotopic (exact) mass is 383 g/mol. The van der Waals surface area contributed by atoms with Crippen molar-refractivity contribution in [2.45, 2.75) is 12.7 Å². The fourth-order valence-electron chi connectivity index (χ4n) is 2.92. The predicted molar refractivity (Wildman–Crippen MR) is 92.7 cm³/mol. The van der Waals surface area contributed by atoms with Gasteiger partial charge in [-0.25, -0.2) is 9.97 Å². The highest BCUT2D eigenvalue weighted by atomic mass is 19.4. The SMILES string of the molecule is Nc1nc(CN2CCN(C(=O)COCC(F)(F)F)CC2)nc2ccccc12. The molecule has 1 aromatic heterocycles. The molecule has 2 N–H and O–H groups in total. The molecule has 1 aliphatic heterocycles. The number of carbonyl (C=O) groups is 1. The quantitative estimate of drug-likeness (QED) is 0.841. The van der Waals surface area contributed by atoms with Gasteiger partial charge in [0.2, 0.25) is 5.91 Å². The van der Waals surface area contributed by atoms with Crippen LogP contribution in [0.1, 0.15) is 5.82 Å². The van der Waals surface area contributed by atoms with Crippen molar-refractivity contribution in [2.24, 2.45) is 0 Å². The lowest BCUT2D eigenvalue weighted by Crippen LogP contribution is -2.49. The molecule has 3 rings (SSSR count). The van der Waals surface area contributed by atoms with E-state index in [2.05, 4.69) is 19.6 Å². The number of anilines is 1. The molecule has 2 aromatic rings. The first-order chi connectivity index (χ1) is 12.8. The van der Waals surface area contributed by atoms with Crippen molar-refractivity contribution < 1.29 is 22.7 Å². The van der Waals surface area contributed by atoms with Crippen LogP contribution >= 0.6 is 0 Å². The predicted octanol–water partition coefficient (Wildman–Crippen LogP) is 1.44. The molecule has 27 heavy (non-hydrogen) atoms. The number of aromatic nitrogens is 2. The van der Waals surface area contributed by atoms with Crippen molar-refractivity contribution in [3.8, 4) is 0 Å². The molecule has 1 fully saturated rings. The van der Waals surface area contributed by atoms with Crippen LogP contribution in [0.3, 0.4) is 0 Å². The van der Waals surface area contributed by atoms with Crippen LogP contribution < -0.4 is 5.73 Å². The number of fused-ring (bicyclic) bond motifs is 1. The molecule has 1 saturated heterocycles. The highest BCUT2D eigenvalue weighted by Crippen LogP contribution is 2.18. The van der Waals surface area contributed by atoms with Crippen LogP contribution in [0, 0.1) is 0 Å². The fourth-order valence-corrected chi connectivity index (χ4v) is 2.92. The Morgan fingerprint density at radius 1 is 1.15 bits per heavy atom. The van der Waals surface area contributed by atoms with Crippen LogP contribution in [-0.2, 0) is 16.1 Å². The molecule has 0 unspecified atom stereocenters. The lowest BCUT2D eigenvalue weighted by atomic mass is 10.2. The summed E-state index contributed by atoms with van der Waals surface area (Å²) in [6.45, 7) is 0.474. The maximum absolute atomic E-state index is 12.1. The van der Waals surface area contributed by atoms with Crippen molar-refractivity contribution in [3.05, 3.63) is 30.1 Å². The van der Waals surface area contributed by atoms with Gasteiger partial charge >= 0.3 is 6.18 Å². The van der Waals surface area contributed by atoms with Gasteiger partial charge in [0.1, 0.15) is 24.9 Å². The standard InChI is InChI=1S/C17H20F3N5O2/c18-17(19,20)11-27-10-15(26)25-7-5-24(6-8-25)9-14-22-13-4-2-1-3-12(13)16(21)23-14/h1-4H,5-11H2,(H2,21,22,23). The van der Waals surface area contributed by atoms with Crippen molar-refractivity contribution in [1.29, 1.82) is 0 Å². The van der Waals surface area contributed by atoms with Crippen LogP contribution in [0.25, 0.3) is 10.9 Å². The average molecular weight is 383 g/mol. The maximum Gasteiger partial charge on any atom is 0.411 e. The molecule has 2 heterocycles. The lowest BCUT2D eigenvalue weighted by Gasteiger charge is -2.34. The number of piperazine rings is 1. The Morgan fingerprint density at radius 3 is 2.56 bits per heavy atom. The van der Waals surface area contributed by atoms with E-state index in [9.17, 15) is 18.0 Å². The van der Waals surface area contributed by atoms with E-state index in [1.807, 2.05) is 24.3 Å². The van der Waals surface area contributed by atoms with Gasteiger partial charge < -0.3 is 15.4 Å². The van der Waals surface area contributed by atoms with E-state index in [-0.39, 0.29) is 0 Å². The number of nitrogens with two attached hydrogens (primary N) is 1. The van der Waals surface area contributed by atoms with E-state index >= 15 is 0 Å². The summed E-state index contributed by atoms with van der Waals surface area (Å²) in [6.07, 6.45) is -4.43. The second kappa shape index (κ2) is 8.05. The first-order valence-electron chi connectivity index (χ1n) is 8.47. The highest BCUT2D eigenvalue weighted by Gasteiger charge is 2.29.